The van der Waals surface area contributed by atoms with Gasteiger partial charge in [-0.15, -0.1) is 0 Å². The van der Waals surface area contributed by atoms with Gasteiger partial charge in [0.05, 0.1) is 0 Å². The number of aromatic nitrogens is 1. The zero-order chi connectivity index (χ0) is 13.9. The maximum absolute atomic E-state index is 11.3. The summed E-state index contributed by atoms with van der Waals surface area (Å²) in [5.41, 5.74) is 2.45. The van der Waals surface area contributed by atoms with Crippen LogP contribution in [0.1, 0.15) is 40.9 Å². The number of carbonyl (C=O) groups is 1. The molecule has 0 spiro atoms. The number of carboxylic acid groups (broad SMARTS) is 1. The number of hydrogen-bond acceptors (Lipinski definition) is 4. The average molecular weight is 276 g/mol. The predicted molar refractivity (Wildman–Crippen MR) is 75.3 cm³/mol. The van der Waals surface area contributed by atoms with Gasteiger partial charge >= 0.3 is 5.97 Å². The highest BCUT2D eigenvalue weighted by Crippen LogP contribution is 2.25. The molecule has 1 atom stereocenters. The first-order valence-corrected chi connectivity index (χ1v) is 7.32. The number of aryl methyl sites for hydroxylation is 2. The molecule has 2 heterocycles. The van der Waals surface area contributed by atoms with E-state index in [-0.39, 0.29) is 0 Å². The third-order valence-corrected chi connectivity index (χ3v) is 4.15. The summed E-state index contributed by atoms with van der Waals surface area (Å²) in [5.74, 6) is 0.209. The normalized spacial score (nSPS) is 20.9. The Kier molecular flexibility index (Phi) is 3.87. The molecule has 0 radical (unpaired) electrons. The van der Waals surface area contributed by atoms with Crippen molar-refractivity contribution in [3.63, 3.8) is 0 Å². The fourth-order valence-corrected chi connectivity index (χ4v) is 2.98. The lowest BCUT2D eigenvalue weighted by atomic mass is 10.1. The van der Waals surface area contributed by atoms with Crippen LogP contribution in [-0.2, 0) is 17.6 Å². The molecule has 1 aromatic rings. The first-order chi connectivity index (χ1) is 9.74. The second-order valence-corrected chi connectivity index (χ2v) is 5.59. The number of hydrogen-bond donors (Lipinski definition) is 2. The Hall–Kier alpha value is -1.62. The van der Waals surface area contributed by atoms with Crippen molar-refractivity contribution < 1.29 is 14.6 Å². The van der Waals surface area contributed by atoms with Crippen molar-refractivity contribution in [1.29, 1.82) is 0 Å². The molecule has 0 aromatic carbocycles. The maximum atomic E-state index is 11.3. The van der Waals surface area contributed by atoms with Gasteiger partial charge in [0.25, 0.3) is 0 Å². The van der Waals surface area contributed by atoms with E-state index in [1.807, 2.05) is 0 Å². The Morgan fingerprint density at radius 3 is 3.15 bits per heavy atom. The van der Waals surface area contributed by atoms with Gasteiger partial charge in [-0.3, -0.25) is 0 Å². The fourth-order valence-electron chi connectivity index (χ4n) is 2.98. The van der Waals surface area contributed by atoms with Crippen LogP contribution in [0.25, 0.3) is 0 Å². The zero-order valence-corrected chi connectivity index (χ0v) is 11.5. The van der Waals surface area contributed by atoms with E-state index in [1.165, 1.54) is 0 Å². The third-order valence-electron chi connectivity index (χ3n) is 4.15. The summed E-state index contributed by atoms with van der Waals surface area (Å²) >= 11 is 0. The summed E-state index contributed by atoms with van der Waals surface area (Å²) in [6.45, 7) is 2.42. The van der Waals surface area contributed by atoms with E-state index in [0.29, 0.717) is 17.3 Å². The van der Waals surface area contributed by atoms with Crippen molar-refractivity contribution in [2.45, 2.75) is 32.1 Å². The van der Waals surface area contributed by atoms with Crippen LogP contribution in [0.5, 0.6) is 0 Å². The molecule has 1 aromatic heterocycles. The van der Waals surface area contributed by atoms with Gasteiger partial charge in [0.1, 0.15) is 11.4 Å². The van der Waals surface area contributed by atoms with E-state index in [1.54, 1.807) is 6.07 Å². The van der Waals surface area contributed by atoms with E-state index in [0.717, 1.165) is 63.1 Å². The quantitative estimate of drug-likeness (QED) is 0.861. The van der Waals surface area contributed by atoms with Crippen LogP contribution in [0, 0.1) is 5.92 Å². The molecule has 0 amide bonds. The first kappa shape index (κ1) is 13.4. The lowest BCUT2D eigenvalue weighted by Crippen LogP contribution is -2.14. The molecule has 1 aliphatic carbocycles. The van der Waals surface area contributed by atoms with Gasteiger partial charge in [0.15, 0.2) is 0 Å². The minimum Gasteiger partial charge on any atom is -0.478 e. The molecular weight excluding hydrogens is 256 g/mol. The number of ether oxygens (including phenoxy) is 1. The monoisotopic (exact) mass is 276 g/mol. The summed E-state index contributed by atoms with van der Waals surface area (Å²) in [7, 11) is 0. The van der Waals surface area contributed by atoms with E-state index >= 15 is 0 Å². The van der Waals surface area contributed by atoms with E-state index in [2.05, 4.69) is 10.3 Å². The number of rotatable bonds is 5. The molecule has 2 aliphatic rings. The second-order valence-electron chi connectivity index (χ2n) is 5.59. The lowest BCUT2D eigenvalue weighted by molar-refractivity contribution is 0.0697. The standard InChI is InChI=1S/C15H20N2O3/c18-15(19)12-8-11-2-1-3-13(11)17-14(12)16-6-4-10-5-7-20-9-10/h8,10H,1-7,9H2,(H,16,17)(H,18,19). The number of pyridine rings is 1. The molecule has 20 heavy (non-hydrogen) atoms. The fraction of sp³-hybridized carbons (Fsp3) is 0.600. The molecule has 0 saturated carbocycles. The van der Waals surface area contributed by atoms with Crippen LogP contribution in [0.4, 0.5) is 5.82 Å². The number of anilines is 1. The molecule has 1 saturated heterocycles. The van der Waals surface area contributed by atoms with Crippen LogP contribution in [0.2, 0.25) is 0 Å². The van der Waals surface area contributed by atoms with Gasteiger partial charge in [-0.1, -0.05) is 0 Å². The molecule has 1 aliphatic heterocycles. The van der Waals surface area contributed by atoms with Crippen LogP contribution < -0.4 is 5.32 Å². The van der Waals surface area contributed by atoms with Gasteiger partial charge in [-0.25, -0.2) is 9.78 Å². The van der Waals surface area contributed by atoms with Crippen LogP contribution in [0.15, 0.2) is 6.07 Å². The Bertz CT molecular complexity index is 510. The van der Waals surface area contributed by atoms with Gasteiger partial charge in [0.2, 0.25) is 0 Å². The van der Waals surface area contributed by atoms with Gasteiger partial charge in [-0.05, 0) is 49.7 Å². The Morgan fingerprint density at radius 2 is 2.40 bits per heavy atom. The van der Waals surface area contributed by atoms with Crippen molar-refractivity contribution >= 4 is 11.8 Å². The smallest absolute Gasteiger partial charge is 0.339 e. The van der Waals surface area contributed by atoms with Crippen molar-refractivity contribution in [1.82, 2.24) is 4.98 Å². The lowest BCUT2D eigenvalue weighted by Gasteiger charge is -2.12. The number of nitrogens with one attached hydrogen (secondary N) is 1. The highest BCUT2D eigenvalue weighted by Gasteiger charge is 2.20. The van der Waals surface area contributed by atoms with E-state index in [9.17, 15) is 9.90 Å². The summed E-state index contributed by atoms with van der Waals surface area (Å²) in [6, 6.07) is 1.79. The molecule has 5 heteroatoms. The van der Waals surface area contributed by atoms with Crippen molar-refractivity contribution in [3.05, 3.63) is 22.9 Å². The zero-order valence-electron chi connectivity index (χ0n) is 11.5. The van der Waals surface area contributed by atoms with Gasteiger partial charge < -0.3 is 15.2 Å². The number of aromatic carboxylic acids is 1. The van der Waals surface area contributed by atoms with Crippen molar-refractivity contribution in [2.75, 3.05) is 25.1 Å². The average Bonchev–Trinajstić information content (AvgIpc) is 3.07. The molecule has 5 nitrogen and oxygen atoms in total. The highest BCUT2D eigenvalue weighted by molar-refractivity contribution is 5.93. The van der Waals surface area contributed by atoms with Crippen molar-refractivity contribution in [3.8, 4) is 0 Å². The summed E-state index contributed by atoms with van der Waals surface area (Å²) in [5, 5.41) is 12.5. The van der Waals surface area contributed by atoms with E-state index < -0.39 is 5.97 Å². The third kappa shape index (κ3) is 2.77. The Balaban J connectivity index is 1.69. The predicted octanol–water partition coefficient (Wildman–Crippen LogP) is 2.11. The highest BCUT2D eigenvalue weighted by atomic mass is 16.5. The number of carboxylic acids is 1. The van der Waals surface area contributed by atoms with Crippen LogP contribution >= 0.6 is 0 Å². The largest absolute Gasteiger partial charge is 0.478 e. The topological polar surface area (TPSA) is 71.5 Å². The van der Waals surface area contributed by atoms with Crippen LogP contribution in [0.3, 0.4) is 0 Å². The summed E-state index contributed by atoms with van der Waals surface area (Å²) in [6.07, 6.45) is 5.08. The SMILES string of the molecule is O=C(O)c1cc2c(nc1NCCC1CCOC1)CCC2. The number of nitrogens with zero attached hydrogens (tertiary/aromatic N) is 1. The summed E-state index contributed by atoms with van der Waals surface area (Å²) in [4.78, 5) is 15.9. The molecule has 2 N–H and O–H groups in total. The second kappa shape index (κ2) is 5.79. The van der Waals surface area contributed by atoms with Gasteiger partial charge in [-0.2, -0.15) is 0 Å². The first-order valence-electron chi connectivity index (χ1n) is 7.32. The molecule has 108 valence electrons. The van der Waals surface area contributed by atoms with Crippen molar-refractivity contribution in [2.24, 2.45) is 5.92 Å². The molecule has 0 bridgehead atoms. The minimum atomic E-state index is -0.904. The number of fused-ring (bicyclic) bond motifs is 1. The molecular formula is C15H20N2O3. The Morgan fingerprint density at radius 1 is 1.50 bits per heavy atom. The maximum Gasteiger partial charge on any atom is 0.339 e. The van der Waals surface area contributed by atoms with Crippen LogP contribution in [-0.4, -0.2) is 35.8 Å². The van der Waals surface area contributed by atoms with E-state index in [4.69, 9.17) is 4.74 Å². The molecule has 3 rings (SSSR count). The summed E-state index contributed by atoms with van der Waals surface area (Å²) < 4.78 is 5.34. The Labute approximate surface area is 118 Å². The minimum absolute atomic E-state index is 0.299. The molecule has 1 unspecified atom stereocenters. The molecule has 1 fully saturated rings. The van der Waals surface area contributed by atoms with Gasteiger partial charge in [0, 0.05) is 25.5 Å².